The van der Waals surface area contributed by atoms with E-state index in [0.717, 1.165) is 16.8 Å². The second-order valence-electron chi connectivity index (χ2n) is 5.77. The maximum atomic E-state index is 6.12. The molecule has 0 bridgehead atoms. The summed E-state index contributed by atoms with van der Waals surface area (Å²) in [5, 5.41) is 5.92. The van der Waals surface area contributed by atoms with Crippen molar-refractivity contribution in [3.8, 4) is 0 Å². The molecule has 3 heterocycles. The summed E-state index contributed by atoms with van der Waals surface area (Å²) in [5.74, 6) is 0.752. The molecule has 0 spiro atoms. The average molecular weight is 341 g/mol. The molecule has 0 radical (unpaired) electrons. The Morgan fingerprint density at radius 1 is 1.38 bits per heavy atom. The van der Waals surface area contributed by atoms with Crippen LogP contribution in [0.4, 0.5) is 0 Å². The Labute approximate surface area is 139 Å². The highest BCUT2D eigenvalue weighted by Crippen LogP contribution is 2.33. The van der Waals surface area contributed by atoms with Crippen LogP contribution in [0.3, 0.4) is 0 Å². The van der Waals surface area contributed by atoms with Gasteiger partial charge in [-0.2, -0.15) is 0 Å². The van der Waals surface area contributed by atoms with Crippen molar-refractivity contribution in [2.45, 2.75) is 18.9 Å². The first kappa shape index (κ1) is 15.5. The summed E-state index contributed by atoms with van der Waals surface area (Å²) >= 11 is 9.61. The topological polar surface area (TPSA) is 15.3 Å². The molecule has 114 valence electrons. The van der Waals surface area contributed by atoms with Crippen molar-refractivity contribution in [3.05, 3.63) is 43.7 Å². The zero-order valence-electron chi connectivity index (χ0n) is 12.2. The molecule has 2 unspecified atom stereocenters. The Bertz CT molecular complexity index is 552. The Hall–Kier alpha value is -0.390. The van der Waals surface area contributed by atoms with Gasteiger partial charge in [0.2, 0.25) is 0 Å². The van der Waals surface area contributed by atoms with Crippen LogP contribution in [0.15, 0.2) is 29.6 Å². The molecular formula is C16H21ClN2S2. The number of likely N-dealkylation sites (tertiary alicyclic amines) is 1. The van der Waals surface area contributed by atoms with E-state index in [1.807, 2.05) is 17.4 Å². The Morgan fingerprint density at radius 3 is 2.95 bits per heavy atom. The molecule has 2 aromatic rings. The van der Waals surface area contributed by atoms with Crippen LogP contribution in [0.1, 0.15) is 28.6 Å². The van der Waals surface area contributed by atoms with Gasteiger partial charge in [-0.1, -0.05) is 17.7 Å². The first-order valence-electron chi connectivity index (χ1n) is 7.43. The van der Waals surface area contributed by atoms with Gasteiger partial charge < -0.3 is 10.2 Å². The molecule has 2 atom stereocenters. The fraction of sp³-hybridized carbons (Fsp3) is 0.500. The first-order valence-corrected chi connectivity index (χ1v) is 9.50. The quantitative estimate of drug-likeness (QED) is 0.863. The molecule has 1 aliphatic heterocycles. The number of rotatable bonds is 5. The summed E-state index contributed by atoms with van der Waals surface area (Å²) in [5.41, 5.74) is 0. The van der Waals surface area contributed by atoms with Crippen molar-refractivity contribution in [2.24, 2.45) is 5.92 Å². The van der Waals surface area contributed by atoms with Crippen molar-refractivity contribution >= 4 is 34.3 Å². The van der Waals surface area contributed by atoms with E-state index in [9.17, 15) is 0 Å². The third-order valence-corrected chi connectivity index (χ3v) is 6.27. The van der Waals surface area contributed by atoms with Crippen molar-refractivity contribution in [2.75, 3.05) is 26.7 Å². The zero-order valence-corrected chi connectivity index (χ0v) is 14.6. The highest BCUT2D eigenvalue weighted by molar-refractivity contribution is 7.16. The molecule has 5 heteroatoms. The van der Waals surface area contributed by atoms with Gasteiger partial charge in [-0.05, 0) is 55.9 Å². The summed E-state index contributed by atoms with van der Waals surface area (Å²) in [6, 6.07) is 8.77. The summed E-state index contributed by atoms with van der Waals surface area (Å²) in [6.45, 7) is 3.52. The number of halogens is 1. The van der Waals surface area contributed by atoms with Gasteiger partial charge in [-0.3, -0.25) is 0 Å². The van der Waals surface area contributed by atoms with Gasteiger partial charge in [0, 0.05) is 22.8 Å². The molecule has 2 nitrogen and oxygen atoms in total. The fourth-order valence-electron chi connectivity index (χ4n) is 3.00. The minimum Gasteiger partial charge on any atom is -0.306 e. The van der Waals surface area contributed by atoms with E-state index in [-0.39, 0.29) is 6.04 Å². The Balaban J connectivity index is 1.68. The first-order chi connectivity index (χ1) is 10.2. The van der Waals surface area contributed by atoms with Gasteiger partial charge in [-0.15, -0.1) is 22.7 Å². The van der Waals surface area contributed by atoms with E-state index in [1.54, 1.807) is 11.3 Å². The lowest BCUT2D eigenvalue weighted by molar-refractivity contribution is 0.204. The van der Waals surface area contributed by atoms with E-state index in [1.165, 1.54) is 35.7 Å². The smallest absolute Gasteiger partial charge is 0.0931 e. The monoisotopic (exact) mass is 340 g/mol. The minimum absolute atomic E-state index is 0.287. The maximum absolute atomic E-state index is 6.12. The summed E-state index contributed by atoms with van der Waals surface area (Å²) in [7, 11) is 2.22. The zero-order chi connectivity index (χ0) is 14.7. The van der Waals surface area contributed by atoms with E-state index in [2.05, 4.69) is 40.8 Å². The highest BCUT2D eigenvalue weighted by atomic mass is 35.5. The predicted molar refractivity (Wildman–Crippen MR) is 93.7 cm³/mol. The lowest BCUT2D eigenvalue weighted by Gasteiger charge is -2.31. The van der Waals surface area contributed by atoms with Crippen LogP contribution in [0.25, 0.3) is 0 Å². The molecule has 1 saturated heterocycles. The third kappa shape index (κ3) is 4.08. The largest absolute Gasteiger partial charge is 0.306 e. The summed E-state index contributed by atoms with van der Waals surface area (Å²) < 4.78 is 0.866. The van der Waals surface area contributed by atoms with Gasteiger partial charge in [0.1, 0.15) is 0 Å². The second kappa shape index (κ2) is 7.25. The SMILES string of the molecule is CN1CCCC(CNC(c2cccs2)c2ccc(Cl)s2)C1. The number of nitrogens with one attached hydrogen (secondary N) is 1. The minimum atomic E-state index is 0.287. The Morgan fingerprint density at radius 2 is 2.29 bits per heavy atom. The van der Waals surface area contributed by atoms with Crippen LogP contribution in [-0.2, 0) is 0 Å². The van der Waals surface area contributed by atoms with Crippen LogP contribution in [0.5, 0.6) is 0 Å². The molecule has 1 fully saturated rings. The molecular weight excluding hydrogens is 320 g/mol. The molecule has 2 aromatic heterocycles. The molecule has 0 saturated carbocycles. The van der Waals surface area contributed by atoms with Crippen LogP contribution >= 0.6 is 34.3 Å². The predicted octanol–water partition coefficient (Wildman–Crippen LogP) is 4.48. The average Bonchev–Trinajstić information content (AvgIpc) is 3.12. The van der Waals surface area contributed by atoms with Crippen molar-refractivity contribution in [1.82, 2.24) is 10.2 Å². The van der Waals surface area contributed by atoms with E-state index >= 15 is 0 Å². The van der Waals surface area contributed by atoms with Gasteiger partial charge in [-0.25, -0.2) is 0 Å². The van der Waals surface area contributed by atoms with Crippen LogP contribution in [-0.4, -0.2) is 31.6 Å². The fourth-order valence-corrected chi connectivity index (χ4v) is 5.05. The van der Waals surface area contributed by atoms with Gasteiger partial charge >= 0.3 is 0 Å². The van der Waals surface area contributed by atoms with E-state index < -0.39 is 0 Å². The number of nitrogens with zero attached hydrogens (tertiary/aromatic N) is 1. The summed E-state index contributed by atoms with van der Waals surface area (Å²) in [4.78, 5) is 5.13. The van der Waals surface area contributed by atoms with Crippen LogP contribution in [0.2, 0.25) is 4.34 Å². The molecule has 3 rings (SSSR count). The molecule has 21 heavy (non-hydrogen) atoms. The van der Waals surface area contributed by atoms with Gasteiger partial charge in [0.25, 0.3) is 0 Å². The molecule has 1 N–H and O–H groups in total. The van der Waals surface area contributed by atoms with E-state index in [4.69, 9.17) is 11.6 Å². The molecule has 0 amide bonds. The number of hydrogen-bond acceptors (Lipinski definition) is 4. The molecule has 0 aromatic carbocycles. The van der Waals surface area contributed by atoms with Crippen molar-refractivity contribution in [1.29, 1.82) is 0 Å². The van der Waals surface area contributed by atoms with Gasteiger partial charge in [0.05, 0.1) is 10.4 Å². The normalized spacial score (nSPS) is 21.5. The van der Waals surface area contributed by atoms with Crippen molar-refractivity contribution in [3.63, 3.8) is 0 Å². The van der Waals surface area contributed by atoms with Crippen molar-refractivity contribution < 1.29 is 0 Å². The van der Waals surface area contributed by atoms with Gasteiger partial charge in [0.15, 0.2) is 0 Å². The highest BCUT2D eigenvalue weighted by Gasteiger charge is 2.21. The molecule has 1 aliphatic rings. The lowest BCUT2D eigenvalue weighted by atomic mass is 9.98. The third-order valence-electron chi connectivity index (χ3n) is 4.04. The number of piperidine rings is 1. The standard InChI is InChI=1S/C16H21ClN2S2/c1-19-8-2-4-12(11-19)10-18-16(13-5-3-9-20-13)14-6-7-15(17)21-14/h3,5-7,9,12,16,18H,2,4,8,10-11H2,1H3. The Kier molecular flexibility index (Phi) is 5.35. The molecule has 0 aliphatic carbocycles. The van der Waals surface area contributed by atoms with Crippen LogP contribution in [0, 0.1) is 5.92 Å². The maximum Gasteiger partial charge on any atom is 0.0931 e. The summed E-state index contributed by atoms with van der Waals surface area (Å²) in [6.07, 6.45) is 2.65. The number of hydrogen-bond donors (Lipinski definition) is 1. The van der Waals surface area contributed by atoms with E-state index in [0.29, 0.717) is 0 Å². The lowest BCUT2D eigenvalue weighted by Crippen LogP contribution is -2.38. The van der Waals surface area contributed by atoms with Crippen LogP contribution < -0.4 is 5.32 Å². The second-order valence-corrected chi connectivity index (χ2v) is 8.49. The number of thiophene rings is 2.